The third-order valence-electron chi connectivity index (χ3n) is 4.65. The normalized spacial score (nSPS) is 34.5. The molecular weight excluding hydrogens is 248 g/mol. The molecule has 0 saturated carbocycles. The Balaban J connectivity index is 2.32. The number of hydrogen-bond acceptors (Lipinski definition) is 0. The lowest BCUT2D eigenvalue weighted by Gasteiger charge is -2.34. The maximum absolute atomic E-state index is 3.57. The van der Waals surface area contributed by atoms with Crippen LogP contribution in [-0.2, 0) is 5.41 Å². The summed E-state index contributed by atoms with van der Waals surface area (Å²) in [6.07, 6.45) is 4.78. The second kappa shape index (κ2) is 2.57. The second-order valence-electron chi connectivity index (χ2n) is 5.49. The fourth-order valence-corrected chi connectivity index (χ4v) is 3.64. The monoisotopic (exact) mass is 262 g/mol. The van der Waals surface area contributed by atoms with Crippen molar-refractivity contribution in [3.05, 3.63) is 46.0 Å². The molecule has 78 valence electrons. The number of hydrogen-bond donors (Lipinski definition) is 0. The van der Waals surface area contributed by atoms with Crippen LogP contribution in [0.4, 0.5) is 0 Å². The molecular formula is C14H15Br. The van der Waals surface area contributed by atoms with Crippen LogP contribution in [0.15, 0.2) is 34.8 Å². The highest BCUT2D eigenvalue weighted by atomic mass is 79.9. The van der Waals surface area contributed by atoms with Crippen LogP contribution in [-0.4, -0.2) is 0 Å². The van der Waals surface area contributed by atoms with Gasteiger partial charge in [0.15, 0.2) is 0 Å². The highest BCUT2D eigenvalue weighted by Crippen LogP contribution is 2.64. The topological polar surface area (TPSA) is 0 Å². The summed E-state index contributed by atoms with van der Waals surface area (Å²) in [4.78, 5) is 0. The Bertz CT molecular complexity index is 470. The molecule has 0 aromatic heterocycles. The van der Waals surface area contributed by atoms with Crippen molar-refractivity contribution in [3.63, 3.8) is 0 Å². The minimum Gasteiger partial charge on any atom is -0.0795 e. The van der Waals surface area contributed by atoms with Gasteiger partial charge in [-0.1, -0.05) is 54.9 Å². The molecule has 15 heavy (non-hydrogen) atoms. The van der Waals surface area contributed by atoms with Crippen molar-refractivity contribution < 1.29 is 0 Å². The van der Waals surface area contributed by atoms with E-state index in [9.17, 15) is 0 Å². The SMILES string of the molecule is CC12C=CC(c3cc(Br)ccc31)C2(C)C. The number of fused-ring (bicyclic) bond motifs is 5. The van der Waals surface area contributed by atoms with Gasteiger partial charge in [-0.05, 0) is 28.7 Å². The lowest BCUT2D eigenvalue weighted by atomic mass is 9.68. The predicted molar refractivity (Wildman–Crippen MR) is 67.2 cm³/mol. The van der Waals surface area contributed by atoms with Crippen molar-refractivity contribution >= 4 is 15.9 Å². The summed E-state index contributed by atoms with van der Waals surface area (Å²) in [6, 6.07) is 6.73. The average Bonchev–Trinajstić information content (AvgIpc) is 2.47. The van der Waals surface area contributed by atoms with Crippen molar-refractivity contribution in [2.75, 3.05) is 0 Å². The zero-order valence-electron chi connectivity index (χ0n) is 9.34. The largest absolute Gasteiger partial charge is 0.0795 e. The van der Waals surface area contributed by atoms with Gasteiger partial charge in [0, 0.05) is 15.8 Å². The molecule has 0 amide bonds. The fourth-order valence-electron chi connectivity index (χ4n) is 3.26. The Morgan fingerprint density at radius 3 is 2.67 bits per heavy atom. The summed E-state index contributed by atoms with van der Waals surface area (Å²) in [5.74, 6) is 0.593. The molecule has 2 bridgehead atoms. The van der Waals surface area contributed by atoms with E-state index >= 15 is 0 Å². The van der Waals surface area contributed by atoms with Gasteiger partial charge in [0.2, 0.25) is 0 Å². The lowest BCUT2D eigenvalue weighted by molar-refractivity contribution is 0.255. The van der Waals surface area contributed by atoms with Crippen molar-refractivity contribution in [2.45, 2.75) is 32.1 Å². The molecule has 0 saturated heterocycles. The first-order valence-corrected chi connectivity index (χ1v) is 6.25. The van der Waals surface area contributed by atoms with Crippen LogP contribution in [0.5, 0.6) is 0 Å². The zero-order valence-corrected chi connectivity index (χ0v) is 10.9. The van der Waals surface area contributed by atoms with Crippen molar-refractivity contribution in [1.82, 2.24) is 0 Å². The highest BCUT2D eigenvalue weighted by molar-refractivity contribution is 9.10. The first-order chi connectivity index (χ1) is 6.97. The van der Waals surface area contributed by atoms with Crippen molar-refractivity contribution in [3.8, 4) is 0 Å². The van der Waals surface area contributed by atoms with Gasteiger partial charge in [0.1, 0.15) is 0 Å². The van der Waals surface area contributed by atoms with Crippen LogP contribution in [0.3, 0.4) is 0 Å². The molecule has 0 spiro atoms. The lowest BCUT2D eigenvalue weighted by Crippen LogP contribution is -2.31. The molecule has 0 N–H and O–H groups in total. The quantitative estimate of drug-likeness (QED) is 0.608. The van der Waals surface area contributed by atoms with Crippen LogP contribution >= 0.6 is 15.9 Å². The standard InChI is InChI=1S/C14H15Br/c1-13(2)11-6-7-14(13,3)12-5-4-9(15)8-10(11)12/h4-8,11H,1-3H3. The molecule has 0 nitrogen and oxygen atoms in total. The van der Waals surface area contributed by atoms with Gasteiger partial charge < -0.3 is 0 Å². The number of benzene rings is 1. The third kappa shape index (κ3) is 0.932. The summed E-state index contributed by atoms with van der Waals surface area (Å²) >= 11 is 3.57. The summed E-state index contributed by atoms with van der Waals surface area (Å²) in [6.45, 7) is 7.13. The zero-order chi connectivity index (χ0) is 10.8. The van der Waals surface area contributed by atoms with Gasteiger partial charge in [0.25, 0.3) is 0 Å². The molecule has 2 atom stereocenters. The molecule has 0 heterocycles. The molecule has 1 aromatic carbocycles. The molecule has 2 aliphatic rings. The van der Waals surface area contributed by atoms with Gasteiger partial charge in [-0.25, -0.2) is 0 Å². The van der Waals surface area contributed by atoms with Gasteiger partial charge in [-0.2, -0.15) is 0 Å². The van der Waals surface area contributed by atoms with E-state index in [0.29, 0.717) is 11.3 Å². The predicted octanol–water partition coefficient (Wildman–Crippen LogP) is 4.40. The molecule has 0 aliphatic heterocycles. The Morgan fingerprint density at radius 1 is 1.20 bits per heavy atom. The first kappa shape index (κ1) is 9.65. The molecule has 2 aliphatic carbocycles. The molecule has 0 fully saturated rings. The molecule has 0 radical (unpaired) electrons. The van der Waals surface area contributed by atoms with Crippen LogP contribution in [0.1, 0.15) is 37.8 Å². The third-order valence-corrected chi connectivity index (χ3v) is 5.14. The summed E-state index contributed by atoms with van der Waals surface area (Å²) in [5.41, 5.74) is 3.59. The maximum atomic E-state index is 3.57. The summed E-state index contributed by atoms with van der Waals surface area (Å²) < 4.78 is 1.20. The van der Waals surface area contributed by atoms with Crippen molar-refractivity contribution in [2.24, 2.45) is 5.41 Å². The van der Waals surface area contributed by atoms with Crippen LogP contribution in [0.2, 0.25) is 0 Å². The van der Waals surface area contributed by atoms with E-state index in [1.54, 1.807) is 0 Å². The van der Waals surface area contributed by atoms with Gasteiger partial charge in [0.05, 0.1) is 0 Å². The van der Waals surface area contributed by atoms with Crippen LogP contribution in [0.25, 0.3) is 0 Å². The van der Waals surface area contributed by atoms with Gasteiger partial charge in [-0.15, -0.1) is 0 Å². The van der Waals surface area contributed by atoms with E-state index in [0.717, 1.165) is 0 Å². The second-order valence-corrected chi connectivity index (χ2v) is 6.41. The van der Waals surface area contributed by atoms with Crippen LogP contribution in [0, 0.1) is 5.41 Å². The number of rotatable bonds is 0. The van der Waals surface area contributed by atoms with E-state index in [-0.39, 0.29) is 5.41 Å². The van der Waals surface area contributed by atoms with Gasteiger partial charge in [-0.3, -0.25) is 0 Å². The molecule has 3 rings (SSSR count). The van der Waals surface area contributed by atoms with E-state index in [2.05, 4.69) is 67.1 Å². The average molecular weight is 263 g/mol. The molecule has 1 aromatic rings. The first-order valence-electron chi connectivity index (χ1n) is 5.46. The Hall–Kier alpha value is -0.560. The number of allylic oxidation sites excluding steroid dienone is 2. The smallest absolute Gasteiger partial charge is 0.0178 e. The minimum absolute atomic E-state index is 0.230. The summed E-state index contributed by atoms with van der Waals surface area (Å²) in [7, 11) is 0. The molecule has 2 unspecified atom stereocenters. The fraction of sp³-hybridized carbons (Fsp3) is 0.429. The molecule has 1 heteroatoms. The van der Waals surface area contributed by atoms with Crippen molar-refractivity contribution in [1.29, 1.82) is 0 Å². The van der Waals surface area contributed by atoms with Crippen LogP contribution < -0.4 is 0 Å². The highest BCUT2D eigenvalue weighted by Gasteiger charge is 2.56. The van der Waals surface area contributed by atoms with E-state index in [4.69, 9.17) is 0 Å². The van der Waals surface area contributed by atoms with Gasteiger partial charge >= 0.3 is 0 Å². The van der Waals surface area contributed by atoms with E-state index in [1.807, 2.05) is 0 Å². The Labute approximate surface area is 99.5 Å². The Morgan fingerprint density at radius 2 is 1.93 bits per heavy atom. The minimum atomic E-state index is 0.230. The van der Waals surface area contributed by atoms with E-state index < -0.39 is 0 Å². The summed E-state index contributed by atoms with van der Waals surface area (Å²) in [5, 5.41) is 0. The Kier molecular flexibility index (Phi) is 1.65. The van der Waals surface area contributed by atoms with E-state index in [1.165, 1.54) is 15.6 Å². The maximum Gasteiger partial charge on any atom is 0.0178 e. The number of halogens is 1.